The van der Waals surface area contributed by atoms with Crippen molar-refractivity contribution in [2.45, 2.75) is 56.9 Å². The highest BCUT2D eigenvalue weighted by molar-refractivity contribution is 6.30. The van der Waals surface area contributed by atoms with E-state index in [-0.39, 0.29) is 0 Å². The van der Waals surface area contributed by atoms with Crippen LogP contribution in [0, 0.1) is 0 Å². The molecule has 2 aromatic rings. The van der Waals surface area contributed by atoms with Crippen molar-refractivity contribution in [1.82, 2.24) is 15.1 Å². The summed E-state index contributed by atoms with van der Waals surface area (Å²) in [5.74, 6) is -3.67. The van der Waals surface area contributed by atoms with Crippen LogP contribution in [0.25, 0.3) is 0 Å². The summed E-state index contributed by atoms with van der Waals surface area (Å²) in [6, 6.07) is 8.56. The Morgan fingerprint density at radius 3 is 2.39 bits per heavy atom. The Kier molecular flexibility index (Phi) is 8.88. The first-order valence-electron chi connectivity index (χ1n) is 9.63. The molecule has 0 aliphatic heterocycles. The lowest BCUT2D eigenvalue weighted by atomic mass is 9.95. The SMILES string of the molecule is O=C(O)C(F)(F)F.O=C(O)C(NCc1ccnn1C1CCCCC1)c1cccc(Cl)c1. The van der Waals surface area contributed by atoms with Gasteiger partial charge in [-0.1, -0.05) is 43.0 Å². The maximum atomic E-state index is 11.6. The summed E-state index contributed by atoms with van der Waals surface area (Å²) in [5.41, 5.74) is 1.67. The van der Waals surface area contributed by atoms with Gasteiger partial charge in [-0.05, 0) is 36.6 Å². The predicted molar refractivity (Wildman–Crippen MR) is 107 cm³/mol. The lowest BCUT2D eigenvalue weighted by Gasteiger charge is -2.24. The van der Waals surface area contributed by atoms with Gasteiger partial charge in [-0.3, -0.25) is 14.8 Å². The third-order valence-corrected chi connectivity index (χ3v) is 5.07. The van der Waals surface area contributed by atoms with Crippen molar-refractivity contribution in [3.8, 4) is 0 Å². The molecule has 170 valence electrons. The number of halogens is 4. The van der Waals surface area contributed by atoms with Crippen LogP contribution in [-0.4, -0.2) is 38.1 Å². The van der Waals surface area contributed by atoms with E-state index >= 15 is 0 Å². The number of rotatable bonds is 6. The lowest BCUT2D eigenvalue weighted by molar-refractivity contribution is -0.192. The summed E-state index contributed by atoms with van der Waals surface area (Å²) in [5, 5.41) is 24.8. The van der Waals surface area contributed by atoms with Crippen LogP contribution >= 0.6 is 11.6 Å². The van der Waals surface area contributed by atoms with E-state index in [1.165, 1.54) is 19.3 Å². The number of alkyl halides is 3. The Labute approximate surface area is 181 Å². The first-order chi connectivity index (χ1) is 14.6. The number of benzene rings is 1. The Hall–Kier alpha value is -2.59. The van der Waals surface area contributed by atoms with E-state index in [0.29, 0.717) is 23.2 Å². The van der Waals surface area contributed by atoms with Gasteiger partial charge >= 0.3 is 18.1 Å². The van der Waals surface area contributed by atoms with Crippen LogP contribution in [0.3, 0.4) is 0 Å². The van der Waals surface area contributed by atoms with Crippen LogP contribution in [0.4, 0.5) is 13.2 Å². The summed E-state index contributed by atoms with van der Waals surface area (Å²) in [7, 11) is 0. The number of hydrogen-bond acceptors (Lipinski definition) is 4. The summed E-state index contributed by atoms with van der Waals surface area (Å²) in [4.78, 5) is 20.5. The molecule has 1 unspecified atom stereocenters. The molecule has 1 aromatic heterocycles. The molecule has 31 heavy (non-hydrogen) atoms. The van der Waals surface area contributed by atoms with Crippen LogP contribution in [0.15, 0.2) is 36.5 Å². The quantitative estimate of drug-likeness (QED) is 0.581. The normalized spacial score (nSPS) is 15.6. The number of nitrogens with one attached hydrogen (secondary N) is 1. The Bertz CT molecular complexity index is 883. The van der Waals surface area contributed by atoms with Crippen molar-refractivity contribution in [2.24, 2.45) is 0 Å². The summed E-state index contributed by atoms with van der Waals surface area (Å²) in [6.45, 7) is 0.458. The molecule has 0 bridgehead atoms. The minimum atomic E-state index is -5.08. The van der Waals surface area contributed by atoms with Gasteiger partial charge in [0.05, 0.1) is 11.7 Å². The standard InChI is InChI=1S/C18H22ClN3O2.C2HF3O2/c19-14-6-4-5-13(11-14)17(18(23)24)20-12-16-9-10-21-22(16)15-7-2-1-3-8-15;3-2(4,5)1(6)7/h4-6,9-11,15,17,20H,1-3,7-8,12H2,(H,23,24);(H,6,7). The average molecular weight is 462 g/mol. The second-order valence-corrected chi connectivity index (χ2v) is 7.51. The molecule has 1 saturated carbocycles. The van der Waals surface area contributed by atoms with Crippen LogP contribution in [-0.2, 0) is 16.1 Å². The van der Waals surface area contributed by atoms with Gasteiger partial charge in [0.2, 0.25) is 0 Å². The molecule has 0 amide bonds. The van der Waals surface area contributed by atoms with Gasteiger partial charge in [0.15, 0.2) is 0 Å². The zero-order chi connectivity index (χ0) is 23.0. The van der Waals surface area contributed by atoms with E-state index in [1.54, 1.807) is 30.5 Å². The van der Waals surface area contributed by atoms with Crippen LogP contribution < -0.4 is 5.32 Å². The molecule has 1 fully saturated rings. The molecule has 1 heterocycles. The zero-order valence-corrected chi connectivity index (χ0v) is 17.2. The summed E-state index contributed by atoms with van der Waals surface area (Å²) < 4.78 is 33.8. The molecular formula is C20H23ClF3N3O4. The number of carboxylic acids is 2. The molecule has 0 saturated heterocycles. The fourth-order valence-corrected chi connectivity index (χ4v) is 3.58. The van der Waals surface area contributed by atoms with E-state index in [0.717, 1.165) is 18.5 Å². The molecule has 0 spiro atoms. The fourth-order valence-electron chi connectivity index (χ4n) is 3.38. The van der Waals surface area contributed by atoms with Crippen molar-refractivity contribution in [2.75, 3.05) is 0 Å². The second kappa shape index (κ2) is 11.1. The van der Waals surface area contributed by atoms with Gasteiger partial charge < -0.3 is 10.2 Å². The Balaban J connectivity index is 0.000000423. The van der Waals surface area contributed by atoms with Crippen molar-refractivity contribution in [3.05, 3.63) is 52.8 Å². The maximum Gasteiger partial charge on any atom is 0.490 e. The van der Waals surface area contributed by atoms with Gasteiger partial charge in [-0.2, -0.15) is 18.3 Å². The smallest absolute Gasteiger partial charge is 0.480 e. The zero-order valence-electron chi connectivity index (χ0n) is 16.5. The molecular weight excluding hydrogens is 439 g/mol. The Morgan fingerprint density at radius 1 is 1.19 bits per heavy atom. The minimum Gasteiger partial charge on any atom is -0.480 e. The van der Waals surface area contributed by atoms with Crippen molar-refractivity contribution in [3.63, 3.8) is 0 Å². The topological polar surface area (TPSA) is 104 Å². The molecule has 1 aromatic carbocycles. The molecule has 3 N–H and O–H groups in total. The highest BCUT2D eigenvalue weighted by atomic mass is 35.5. The highest BCUT2D eigenvalue weighted by Gasteiger charge is 2.38. The number of carboxylic acid groups (broad SMARTS) is 2. The number of aliphatic carboxylic acids is 2. The number of carbonyl (C=O) groups is 2. The third kappa shape index (κ3) is 7.55. The third-order valence-electron chi connectivity index (χ3n) is 4.83. The predicted octanol–water partition coefficient (Wildman–Crippen LogP) is 4.59. The second-order valence-electron chi connectivity index (χ2n) is 7.07. The van der Waals surface area contributed by atoms with Crippen molar-refractivity contribution >= 4 is 23.5 Å². The monoisotopic (exact) mass is 461 g/mol. The number of nitrogens with zero attached hydrogens (tertiary/aromatic N) is 2. The first kappa shape index (κ1) is 24.7. The molecule has 7 nitrogen and oxygen atoms in total. The van der Waals surface area contributed by atoms with Gasteiger partial charge in [0, 0.05) is 17.8 Å². The summed E-state index contributed by atoms with van der Waals surface area (Å²) >= 11 is 5.99. The minimum absolute atomic E-state index is 0.431. The Morgan fingerprint density at radius 2 is 1.84 bits per heavy atom. The highest BCUT2D eigenvalue weighted by Crippen LogP contribution is 2.28. The molecule has 1 aliphatic carbocycles. The average Bonchev–Trinajstić information content (AvgIpc) is 3.17. The van der Waals surface area contributed by atoms with Gasteiger partial charge in [-0.15, -0.1) is 0 Å². The van der Waals surface area contributed by atoms with Crippen LogP contribution in [0.1, 0.15) is 55.4 Å². The fraction of sp³-hybridized carbons (Fsp3) is 0.450. The van der Waals surface area contributed by atoms with E-state index in [2.05, 4.69) is 15.1 Å². The first-order valence-corrected chi connectivity index (χ1v) is 10.0. The van der Waals surface area contributed by atoms with E-state index < -0.39 is 24.2 Å². The number of aromatic nitrogens is 2. The van der Waals surface area contributed by atoms with Crippen molar-refractivity contribution < 1.29 is 33.0 Å². The van der Waals surface area contributed by atoms with E-state index in [1.807, 2.05) is 6.07 Å². The molecule has 1 atom stereocenters. The molecule has 1 aliphatic rings. The summed E-state index contributed by atoms with van der Waals surface area (Å²) in [6.07, 6.45) is 2.76. The van der Waals surface area contributed by atoms with Gasteiger partial charge in [0.1, 0.15) is 6.04 Å². The molecule has 0 radical (unpaired) electrons. The van der Waals surface area contributed by atoms with Crippen LogP contribution in [0.2, 0.25) is 5.02 Å². The van der Waals surface area contributed by atoms with E-state index in [9.17, 15) is 23.1 Å². The molecule has 11 heteroatoms. The lowest BCUT2D eigenvalue weighted by Crippen LogP contribution is -2.29. The van der Waals surface area contributed by atoms with E-state index in [4.69, 9.17) is 21.5 Å². The largest absolute Gasteiger partial charge is 0.490 e. The van der Waals surface area contributed by atoms with Crippen molar-refractivity contribution in [1.29, 1.82) is 0 Å². The van der Waals surface area contributed by atoms with Gasteiger partial charge in [-0.25, -0.2) is 4.79 Å². The number of hydrogen-bond donors (Lipinski definition) is 3. The van der Waals surface area contributed by atoms with Gasteiger partial charge in [0.25, 0.3) is 0 Å². The molecule has 3 rings (SSSR count). The maximum absolute atomic E-state index is 11.6. The van der Waals surface area contributed by atoms with Crippen LogP contribution in [0.5, 0.6) is 0 Å².